The molecule has 3 aliphatic rings. The van der Waals surface area contributed by atoms with Gasteiger partial charge < -0.3 is 20.0 Å². The molecule has 3 saturated heterocycles. The molecule has 3 rings (SSSR count). The zero-order valence-corrected chi connectivity index (χ0v) is 14.3. The van der Waals surface area contributed by atoms with E-state index in [0.29, 0.717) is 12.6 Å². The first-order chi connectivity index (χ1) is 11.2. The van der Waals surface area contributed by atoms with Crippen molar-refractivity contribution in [2.75, 3.05) is 46.3 Å². The molecule has 0 bridgehead atoms. The summed E-state index contributed by atoms with van der Waals surface area (Å²) in [7, 11) is 1.82. The van der Waals surface area contributed by atoms with Crippen LogP contribution in [0.5, 0.6) is 0 Å². The minimum absolute atomic E-state index is 0.0855. The zero-order chi connectivity index (χ0) is 16.2. The Labute approximate surface area is 139 Å². The predicted octanol–water partition coefficient (Wildman–Crippen LogP) is 0.284. The molecule has 0 saturated carbocycles. The molecule has 0 aromatic carbocycles. The van der Waals surface area contributed by atoms with E-state index in [1.807, 2.05) is 11.9 Å². The quantitative estimate of drug-likeness (QED) is 0.790. The highest BCUT2D eigenvalue weighted by Gasteiger charge is 2.34. The van der Waals surface area contributed by atoms with Crippen LogP contribution in [0.25, 0.3) is 0 Å². The van der Waals surface area contributed by atoms with Gasteiger partial charge in [-0.2, -0.15) is 0 Å². The number of nitrogens with zero attached hydrogens (tertiary/aromatic N) is 3. The van der Waals surface area contributed by atoms with Crippen LogP contribution in [0, 0.1) is 0 Å². The van der Waals surface area contributed by atoms with Gasteiger partial charge in [-0.25, -0.2) is 0 Å². The van der Waals surface area contributed by atoms with Crippen LogP contribution in [0.1, 0.15) is 38.5 Å². The third-order valence-electron chi connectivity index (χ3n) is 5.57. The van der Waals surface area contributed by atoms with Crippen LogP contribution in [0.15, 0.2) is 0 Å². The van der Waals surface area contributed by atoms with Crippen molar-refractivity contribution in [2.24, 2.45) is 0 Å². The molecule has 0 aromatic rings. The predicted molar refractivity (Wildman–Crippen MR) is 89.1 cm³/mol. The molecule has 0 spiro atoms. The number of carbonyl (C=O) groups is 2. The molecule has 130 valence electrons. The van der Waals surface area contributed by atoms with Gasteiger partial charge in [-0.15, -0.1) is 0 Å². The van der Waals surface area contributed by atoms with Crippen LogP contribution in [-0.4, -0.2) is 84.9 Å². The number of hydrogen-bond donors (Lipinski definition) is 1. The third-order valence-corrected chi connectivity index (χ3v) is 5.57. The van der Waals surface area contributed by atoms with E-state index in [-0.39, 0.29) is 24.4 Å². The van der Waals surface area contributed by atoms with Gasteiger partial charge >= 0.3 is 0 Å². The number of amides is 2. The highest BCUT2D eigenvalue weighted by molar-refractivity contribution is 5.88. The Morgan fingerprint density at radius 3 is 2.57 bits per heavy atom. The molecular formula is C17H30N4O2. The Bertz CT molecular complexity index is 436. The van der Waals surface area contributed by atoms with Crippen molar-refractivity contribution >= 4 is 11.8 Å². The molecule has 6 nitrogen and oxygen atoms in total. The van der Waals surface area contributed by atoms with E-state index >= 15 is 0 Å². The normalized spacial score (nSPS) is 29.5. The highest BCUT2D eigenvalue weighted by Crippen LogP contribution is 2.21. The lowest BCUT2D eigenvalue weighted by Crippen LogP contribution is -2.54. The fourth-order valence-electron chi connectivity index (χ4n) is 4.24. The van der Waals surface area contributed by atoms with E-state index in [1.54, 1.807) is 4.90 Å². The monoisotopic (exact) mass is 322 g/mol. The fourth-order valence-corrected chi connectivity index (χ4v) is 4.24. The number of rotatable bonds is 5. The van der Waals surface area contributed by atoms with Gasteiger partial charge in [0.05, 0.1) is 12.6 Å². The third kappa shape index (κ3) is 3.86. The number of likely N-dealkylation sites (N-methyl/N-ethyl adjacent to an activating group) is 1. The number of piperidine rings is 1. The summed E-state index contributed by atoms with van der Waals surface area (Å²) in [5.74, 6) is 0.221. The maximum Gasteiger partial charge on any atom is 0.242 e. The van der Waals surface area contributed by atoms with Crippen LogP contribution >= 0.6 is 0 Å². The maximum atomic E-state index is 12.7. The molecule has 3 aliphatic heterocycles. The van der Waals surface area contributed by atoms with Gasteiger partial charge in [0.1, 0.15) is 0 Å². The Morgan fingerprint density at radius 2 is 1.83 bits per heavy atom. The Morgan fingerprint density at radius 1 is 1.09 bits per heavy atom. The molecule has 0 aliphatic carbocycles. The molecule has 1 N–H and O–H groups in total. The summed E-state index contributed by atoms with van der Waals surface area (Å²) in [4.78, 5) is 31.4. The van der Waals surface area contributed by atoms with Crippen LogP contribution in [0.4, 0.5) is 0 Å². The summed E-state index contributed by atoms with van der Waals surface area (Å²) in [5, 5.41) is 3.06. The van der Waals surface area contributed by atoms with Crippen molar-refractivity contribution in [3.63, 3.8) is 0 Å². The molecule has 2 amide bonds. The molecular weight excluding hydrogens is 292 g/mol. The lowest BCUT2D eigenvalue weighted by Gasteiger charge is -2.34. The van der Waals surface area contributed by atoms with Crippen molar-refractivity contribution in [2.45, 2.75) is 50.6 Å². The molecule has 3 heterocycles. The first kappa shape index (κ1) is 16.7. The number of carbonyl (C=O) groups excluding carboxylic acids is 2. The lowest BCUT2D eigenvalue weighted by molar-refractivity contribution is -0.144. The first-order valence-corrected chi connectivity index (χ1v) is 9.17. The lowest BCUT2D eigenvalue weighted by atomic mass is 10.1. The van der Waals surface area contributed by atoms with Gasteiger partial charge in [0.15, 0.2) is 0 Å². The topological polar surface area (TPSA) is 55.9 Å². The van der Waals surface area contributed by atoms with E-state index in [0.717, 1.165) is 38.8 Å². The van der Waals surface area contributed by atoms with Crippen LogP contribution < -0.4 is 5.32 Å². The van der Waals surface area contributed by atoms with Gasteiger partial charge in [0, 0.05) is 25.7 Å². The summed E-state index contributed by atoms with van der Waals surface area (Å²) < 4.78 is 0. The summed E-state index contributed by atoms with van der Waals surface area (Å²) in [6, 6.07) is 0.233. The van der Waals surface area contributed by atoms with E-state index in [2.05, 4.69) is 10.2 Å². The SMILES string of the molecule is CN[C@H]1CCCN(CC(=O)N2CCC[C@H]2CN2CCCC2)C1=O. The molecule has 0 radical (unpaired) electrons. The minimum Gasteiger partial charge on any atom is -0.337 e. The summed E-state index contributed by atoms with van der Waals surface area (Å²) in [6.07, 6.45) is 6.62. The van der Waals surface area contributed by atoms with Crippen molar-refractivity contribution in [1.82, 2.24) is 20.0 Å². The van der Waals surface area contributed by atoms with Crippen molar-refractivity contribution in [3.05, 3.63) is 0 Å². The van der Waals surface area contributed by atoms with E-state index < -0.39 is 0 Å². The Kier molecular flexibility index (Phi) is 5.54. The van der Waals surface area contributed by atoms with E-state index in [1.165, 1.54) is 25.9 Å². The molecule has 23 heavy (non-hydrogen) atoms. The van der Waals surface area contributed by atoms with Crippen LogP contribution in [-0.2, 0) is 9.59 Å². The van der Waals surface area contributed by atoms with Crippen molar-refractivity contribution in [1.29, 1.82) is 0 Å². The first-order valence-electron chi connectivity index (χ1n) is 9.17. The summed E-state index contributed by atoms with van der Waals surface area (Å²) in [5.41, 5.74) is 0. The second kappa shape index (κ2) is 7.62. The van der Waals surface area contributed by atoms with Gasteiger partial charge in [0.25, 0.3) is 0 Å². The Hall–Kier alpha value is -1.14. The largest absolute Gasteiger partial charge is 0.337 e. The van der Waals surface area contributed by atoms with Crippen molar-refractivity contribution in [3.8, 4) is 0 Å². The number of nitrogens with one attached hydrogen (secondary N) is 1. The van der Waals surface area contributed by atoms with E-state index in [9.17, 15) is 9.59 Å². The zero-order valence-electron chi connectivity index (χ0n) is 14.3. The standard InChI is InChI=1S/C17H30N4O2/c1-18-15-7-5-10-20(17(15)23)13-16(22)21-11-4-6-14(21)12-19-8-2-3-9-19/h14-15,18H,2-13H2,1H3/t14-,15-/m0/s1. The van der Waals surface area contributed by atoms with Crippen LogP contribution in [0.2, 0.25) is 0 Å². The van der Waals surface area contributed by atoms with Crippen molar-refractivity contribution < 1.29 is 9.59 Å². The number of likely N-dealkylation sites (tertiary alicyclic amines) is 3. The van der Waals surface area contributed by atoms with E-state index in [4.69, 9.17) is 0 Å². The smallest absolute Gasteiger partial charge is 0.242 e. The average Bonchev–Trinajstić information content (AvgIpc) is 3.21. The maximum absolute atomic E-state index is 12.7. The fraction of sp³-hybridized carbons (Fsp3) is 0.882. The second-order valence-electron chi connectivity index (χ2n) is 7.13. The van der Waals surface area contributed by atoms with Gasteiger partial charge in [-0.3, -0.25) is 9.59 Å². The van der Waals surface area contributed by atoms with Gasteiger partial charge in [-0.05, 0) is 58.7 Å². The second-order valence-corrected chi connectivity index (χ2v) is 7.13. The molecule has 0 aromatic heterocycles. The summed E-state index contributed by atoms with van der Waals surface area (Å²) >= 11 is 0. The number of hydrogen-bond acceptors (Lipinski definition) is 4. The molecule has 0 unspecified atom stereocenters. The molecule has 2 atom stereocenters. The van der Waals surface area contributed by atoms with Gasteiger partial charge in [-0.1, -0.05) is 0 Å². The molecule has 6 heteroatoms. The molecule has 3 fully saturated rings. The highest BCUT2D eigenvalue weighted by atomic mass is 16.2. The van der Waals surface area contributed by atoms with Gasteiger partial charge in [0.2, 0.25) is 11.8 Å². The van der Waals surface area contributed by atoms with Crippen LogP contribution in [0.3, 0.4) is 0 Å². The average molecular weight is 322 g/mol. The Balaban J connectivity index is 1.55. The summed E-state index contributed by atoms with van der Waals surface area (Å²) in [6.45, 7) is 5.19. The minimum atomic E-state index is -0.115.